The number of benzene rings is 2. The summed E-state index contributed by atoms with van der Waals surface area (Å²) in [5.41, 5.74) is -0.425. The summed E-state index contributed by atoms with van der Waals surface area (Å²) >= 11 is 7.06. The van der Waals surface area contributed by atoms with Gasteiger partial charge in [-0.25, -0.2) is 8.78 Å². The zero-order chi connectivity index (χ0) is 15.4. The summed E-state index contributed by atoms with van der Waals surface area (Å²) in [6.45, 7) is 1.66. The van der Waals surface area contributed by atoms with Gasteiger partial charge in [-0.1, -0.05) is 17.7 Å². The highest BCUT2D eigenvalue weighted by Crippen LogP contribution is 2.26. The molecule has 0 unspecified atom stereocenters. The molecule has 2 nitrogen and oxygen atoms in total. The molecule has 21 heavy (non-hydrogen) atoms. The van der Waals surface area contributed by atoms with Crippen LogP contribution >= 0.6 is 23.4 Å². The van der Waals surface area contributed by atoms with Gasteiger partial charge < -0.3 is 5.32 Å². The maximum atomic E-state index is 13.5. The number of nitrogens with one attached hydrogen (secondary N) is 1. The number of rotatable bonds is 4. The molecule has 1 atom stereocenters. The molecule has 6 heteroatoms. The lowest BCUT2D eigenvalue weighted by molar-refractivity contribution is -0.115. The third-order valence-corrected chi connectivity index (χ3v) is 4.07. The minimum atomic E-state index is -0.799. The highest BCUT2D eigenvalue weighted by molar-refractivity contribution is 8.00. The topological polar surface area (TPSA) is 29.1 Å². The second-order valence-corrected chi connectivity index (χ2v) is 6.15. The lowest BCUT2D eigenvalue weighted by atomic mass is 10.3. The normalized spacial score (nSPS) is 12.0. The van der Waals surface area contributed by atoms with Crippen molar-refractivity contribution < 1.29 is 13.6 Å². The van der Waals surface area contributed by atoms with Crippen molar-refractivity contribution in [3.05, 3.63) is 59.1 Å². The Morgan fingerprint density at radius 1 is 1.14 bits per heavy atom. The lowest BCUT2D eigenvalue weighted by Crippen LogP contribution is -2.23. The second-order valence-electron chi connectivity index (χ2n) is 4.30. The van der Waals surface area contributed by atoms with Gasteiger partial charge in [-0.2, -0.15) is 0 Å². The largest absolute Gasteiger partial charge is 0.320 e. The quantitative estimate of drug-likeness (QED) is 0.822. The van der Waals surface area contributed by atoms with E-state index in [2.05, 4.69) is 5.32 Å². The number of carbonyl (C=O) groups excluding carboxylic acids is 1. The van der Waals surface area contributed by atoms with Crippen LogP contribution in [0.3, 0.4) is 0 Å². The Morgan fingerprint density at radius 2 is 1.71 bits per heavy atom. The van der Waals surface area contributed by atoms with Gasteiger partial charge >= 0.3 is 0 Å². The van der Waals surface area contributed by atoms with Gasteiger partial charge in [0.1, 0.15) is 17.3 Å². The molecule has 0 spiro atoms. The van der Waals surface area contributed by atoms with E-state index in [-0.39, 0.29) is 0 Å². The van der Waals surface area contributed by atoms with Gasteiger partial charge in [-0.3, -0.25) is 4.79 Å². The zero-order valence-corrected chi connectivity index (χ0v) is 12.6. The fraction of sp³-hybridized carbons (Fsp3) is 0.133. The Kier molecular flexibility index (Phi) is 5.20. The average Bonchev–Trinajstić information content (AvgIpc) is 2.45. The second kappa shape index (κ2) is 6.91. The highest BCUT2D eigenvalue weighted by Gasteiger charge is 2.18. The number of thioether (sulfide) groups is 1. The van der Waals surface area contributed by atoms with Gasteiger partial charge in [-0.15, -0.1) is 11.8 Å². The molecule has 2 aromatic carbocycles. The van der Waals surface area contributed by atoms with E-state index in [9.17, 15) is 13.6 Å². The SMILES string of the molecule is C[C@@H](Sc1ccc(Cl)cc1)C(=O)Nc1c(F)cccc1F. The molecule has 0 aromatic heterocycles. The average molecular weight is 328 g/mol. The van der Waals surface area contributed by atoms with Crippen LogP contribution in [-0.2, 0) is 4.79 Å². The molecule has 1 amide bonds. The van der Waals surface area contributed by atoms with Gasteiger partial charge in [-0.05, 0) is 43.3 Å². The number of amides is 1. The molecular weight excluding hydrogens is 316 g/mol. The van der Waals surface area contributed by atoms with E-state index >= 15 is 0 Å². The van der Waals surface area contributed by atoms with Gasteiger partial charge in [0.25, 0.3) is 0 Å². The van der Waals surface area contributed by atoms with Crippen molar-refractivity contribution in [3.63, 3.8) is 0 Å². The molecule has 0 radical (unpaired) electrons. The van der Waals surface area contributed by atoms with Crippen LogP contribution < -0.4 is 5.32 Å². The van der Waals surface area contributed by atoms with E-state index in [4.69, 9.17) is 11.6 Å². The van der Waals surface area contributed by atoms with Crippen LogP contribution in [-0.4, -0.2) is 11.2 Å². The van der Waals surface area contributed by atoms with Crippen LogP contribution in [0.2, 0.25) is 5.02 Å². The van der Waals surface area contributed by atoms with E-state index in [0.29, 0.717) is 5.02 Å². The molecule has 0 aliphatic rings. The Balaban J connectivity index is 2.04. The number of para-hydroxylation sites is 1. The summed E-state index contributed by atoms with van der Waals surface area (Å²) in [5.74, 6) is -2.07. The molecule has 0 bridgehead atoms. The monoisotopic (exact) mass is 327 g/mol. The van der Waals surface area contributed by atoms with Crippen LogP contribution in [0.1, 0.15) is 6.92 Å². The van der Waals surface area contributed by atoms with E-state index in [1.54, 1.807) is 31.2 Å². The van der Waals surface area contributed by atoms with Gasteiger partial charge in [0.05, 0.1) is 5.25 Å². The Morgan fingerprint density at radius 3 is 2.29 bits per heavy atom. The molecule has 2 rings (SSSR count). The van der Waals surface area contributed by atoms with Crippen LogP contribution in [0.15, 0.2) is 47.4 Å². The van der Waals surface area contributed by atoms with E-state index in [1.807, 2.05) is 0 Å². The van der Waals surface area contributed by atoms with Gasteiger partial charge in [0.2, 0.25) is 5.91 Å². The number of hydrogen-bond donors (Lipinski definition) is 1. The summed E-state index contributed by atoms with van der Waals surface area (Å²) in [6, 6.07) is 10.4. The highest BCUT2D eigenvalue weighted by atomic mass is 35.5. The first-order chi connectivity index (χ1) is 9.97. The Hall–Kier alpha value is -1.59. The standard InChI is InChI=1S/C15H12ClF2NOS/c1-9(21-11-7-5-10(16)6-8-11)15(20)19-14-12(17)3-2-4-13(14)18/h2-9H,1H3,(H,19,20)/t9-/m1/s1. The van der Waals surface area contributed by atoms with Crippen molar-refractivity contribution in [3.8, 4) is 0 Å². The number of hydrogen-bond acceptors (Lipinski definition) is 2. The van der Waals surface area contributed by atoms with Crippen molar-refractivity contribution in [2.75, 3.05) is 5.32 Å². The maximum absolute atomic E-state index is 13.5. The van der Waals surface area contributed by atoms with E-state index < -0.39 is 28.5 Å². The molecule has 0 heterocycles. The first-order valence-electron chi connectivity index (χ1n) is 6.14. The van der Waals surface area contributed by atoms with Crippen molar-refractivity contribution >= 4 is 35.0 Å². The minimum Gasteiger partial charge on any atom is -0.320 e. The Bertz CT molecular complexity index is 628. The van der Waals surface area contributed by atoms with E-state index in [0.717, 1.165) is 17.0 Å². The fourth-order valence-corrected chi connectivity index (χ4v) is 2.61. The van der Waals surface area contributed by atoms with Crippen molar-refractivity contribution in [2.45, 2.75) is 17.1 Å². The molecule has 1 N–H and O–H groups in total. The van der Waals surface area contributed by atoms with E-state index in [1.165, 1.54) is 17.8 Å². The minimum absolute atomic E-state index is 0.425. The first-order valence-corrected chi connectivity index (χ1v) is 7.40. The molecular formula is C15H12ClF2NOS. The summed E-state index contributed by atoms with van der Waals surface area (Å²) < 4.78 is 26.9. The molecule has 2 aromatic rings. The van der Waals surface area contributed by atoms with Crippen molar-refractivity contribution in [2.24, 2.45) is 0 Å². The maximum Gasteiger partial charge on any atom is 0.237 e. The van der Waals surface area contributed by atoms with Crippen LogP contribution in [0, 0.1) is 11.6 Å². The zero-order valence-electron chi connectivity index (χ0n) is 11.1. The molecule has 0 saturated carbocycles. The molecule has 0 saturated heterocycles. The summed E-state index contributed by atoms with van der Waals surface area (Å²) in [6.07, 6.45) is 0. The molecule has 0 aliphatic heterocycles. The number of carbonyl (C=O) groups is 1. The predicted octanol–water partition coefficient (Wildman–Crippen LogP) is 4.74. The van der Waals surface area contributed by atoms with Crippen LogP contribution in [0.5, 0.6) is 0 Å². The third-order valence-electron chi connectivity index (χ3n) is 2.71. The lowest BCUT2D eigenvalue weighted by Gasteiger charge is -2.13. The van der Waals surface area contributed by atoms with Crippen molar-refractivity contribution in [1.82, 2.24) is 0 Å². The number of halogens is 3. The summed E-state index contributed by atoms with van der Waals surface area (Å²) in [5, 5.41) is 2.37. The van der Waals surface area contributed by atoms with Crippen LogP contribution in [0.25, 0.3) is 0 Å². The fourth-order valence-electron chi connectivity index (χ4n) is 1.61. The molecule has 110 valence electrons. The van der Waals surface area contributed by atoms with Gasteiger partial charge in [0.15, 0.2) is 0 Å². The smallest absolute Gasteiger partial charge is 0.237 e. The van der Waals surface area contributed by atoms with Crippen LogP contribution in [0.4, 0.5) is 14.5 Å². The predicted molar refractivity (Wildman–Crippen MR) is 81.8 cm³/mol. The third kappa shape index (κ3) is 4.19. The summed E-state index contributed by atoms with van der Waals surface area (Å²) in [7, 11) is 0. The number of anilines is 1. The van der Waals surface area contributed by atoms with Crippen molar-refractivity contribution in [1.29, 1.82) is 0 Å². The summed E-state index contributed by atoms with van der Waals surface area (Å²) in [4.78, 5) is 12.8. The van der Waals surface area contributed by atoms with Gasteiger partial charge in [0, 0.05) is 9.92 Å². The molecule has 0 aliphatic carbocycles. The molecule has 0 fully saturated rings. The Labute approximate surface area is 130 Å². The first kappa shape index (κ1) is 15.8.